The second kappa shape index (κ2) is 15.7. The van der Waals surface area contributed by atoms with E-state index in [9.17, 15) is 19.5 Å². The van der Waals surface area contributed by atoms with Gasteiger partial charge in [-0.25, -0.2) is 4.79 Å². The Morgan fingerprint density at radius 1 is 0.979 bits per heavy atom. The van der Waals surface area contributed by atoms with Crippen LogP contribution >= 0.6 is 0 Å². The Bertz CT molecular complexity index is 1370. The van der Waals surface area contributed by atoms with Crippen molar-refractivity contribution in [1.82, 2.24) is 15.1 Å². The summed E-state index contributed by atoms with van der Waals surface area (Å²) < 4.78 is 17.4. The molecule has 2 aliphatic rings. The highest BCUT2D eigenvalue weighted by atomic mass is 16.6. The number of para-hydroxylation sites is 2. The molecule has 2 aromatic rings. The fourth-order valence-electron chi connectivity index (χ4n) is 6.80. The third-order valence-corrected chi connectivity index (χ3v) is 9.30. The molecule has 1 saturated heterocycles. The number of hydrogen-bond acceptors (Lipinski definition) is 7. The Kier molecular flexibility index (Phi) is 12.2. The Morgan fingerprint density at radius 3 is 2.15 bits per heavy atom. The van der Waals surface area contributed by atoms with Crippen LogP contribution in [0.4, 0.5) is 4.79 Å². The second-order valence-electron chi connectivity index (χ2n) is 14.8. The van der Waals surface area contributed by atoms with E-state index in [1.807, 2.05) is 43.3 Å². The molecule has 2 aromatic carbocycles. The summed E-state index contributed by atoms with van der Waals surface area (Å²) in [6.07, 6.45) is 2.68. The molecule has 0 bridgehead atoms. The number of carbonyl (C=O) groups is 3. The summed E-state index contributed by atoms with van der Waals surface area (Å²) in [5.41, 5.74) is -0.184. The fraction of sp³-hybridized carbons (Fsp3) is 0.605. The van der Waals surface area contributed by atoms with Crippen molar-refractivity contribution in [2.24, 2.45) is 11.8 Å². The number of nitrogens with zero attached hydrogens (tertiary/aromatic N) is 2. The normalized spacial score (nSPS) is 18.6. The van der Waals surface area contributed by atoms with Crippen molar-refractivity contribution in [2.75, 3.05) is 46.4 Å². The topological polar surface area (TPSA) is 118 Å². The van der Waals surface area contributed by atoms with Gasteiger partial charge in [0, 0.05) is 63.0 Å². The van der Waals surface area contributed by atoms with E-state index in [0.717, 1.165) is 41.9 Å². The van der Waals surface area contributed by atoms with Gasteiger partial charge in [0.1, 0.15) is 17.1 Å². The highest BCUT2D eigenvalue weighted by molar-refractivity contribution is 5.84. The van der Waals surface area contributed by atoms with E-state index in [-0.39, 0.29) is 24.9 Å². The lowest BCUT2D eigenvalue weighted by atomic mass is 9.69. The van der Waals surface area contributed by atoms with Gasteiger partial charge < -0.3 is 34.4 Å². The predicted octanol–water partition coefficient (Wildman–Crippen LogP) is 5.89. The third-order valence-electron chi connectivity index (χ3n) is 9.30. The smallest absolute Gasteiger partial charge is 0.410 e. The number of likely N-dealkylation sites (tertiary alicyclic amines) is 1. The van der Waals surface area contributed by atoms with Crippen molar-refractivity contribution in [3.8, 4) is 11.5 Å². The number of amides is 3. The number of methoxy groups -OCH3 is 1. The Morgan fingerprint density at radius 2 is 1.58 bits per heavy atom. The van der Waals surface area contributed by atoms with Crippen LogP contribution in [0, 0.1) is 11.8 Å². The molecule has 2 heterocycles. The van der Waals surface area contributed by atoms with E-state index < -0.39 is 34.5 Å². The van der Waals surface area contributed by atoms with Gasteiger partial charge in [0.15, 0.2) is 0 Å². The maximum atomic E-state index is 14.2. The van der Waals surface area contributed by atoms with Crippen molar-refractivity contribution in [1.29, 1.82) is 0 Å². The number of hydrogen-bond donors (Lipinski definition) is 2. The lowest BCUT2D eigenvalue weighted by molar-refractivity contribution is -0.139. The number of fused-ring (bicyclic) bond motifs is 2. The molecular weight excluding hydrogens is 610 g/mol. The molecule has 2 aliphatic heterocycles. The van der Waals surface area contributed by atoms with Crippen LogP contribution in [-0.2, 0) is 24.5 Å². The van der Waals surface area contributed by atoms with Gasteiger partial charge in [-0.15, -0.1) is 0 Å². The van der Waals surface area contributed by atoms with Gasteiger partial charge >= 0.3 is 6.09 Å². The quantitative estimate of drug-likeness (QED) is 0.256. The molecule has 4 rings (SSSR count). The van der Waals surface area contributed by atoms with Crippen LogP contribution in [-0.4, -0.2) is 90.5 Å². The minimum Gasteiger partial charge on any atom is -0.457 e. The number of unbranched alkanes of at least 4 members (excludes halogenated alkanes) is 1. The Balaban J connectivity index is 1.62. The standard InChI is InChI=1S/C38H55N3O7/c1-8-40(21-20-37(5,6)45)34(43)28-23-27(24-41(25-28)35(44)48-36(2,3)4)33(42)39-26-38(19-13-14-22-46-7)29-15-9-11-17-31(29)47-32-18-12-10-16-30(32)38/h9-12,15-18,27-28,45H,8,13-14,19-26H2,1-7H3,(H,39,42). The molecule has 2 unspecified atom stereocenters. The number of carbonyl (C=O) groups excluding carboxylic acids is 3. The van der Waals surface area contributed by atoms with Crippen molar-refractivity contribution in [2.45, 2.75) is 90.3 Å². The lowest BCUT2D eigenvalue weighted by Gasteiger charge is -2.42. The summed E-state index contributed by atoms with van der Waals surface area (Å²) in [6, 6.07) is 16.0. The van der Waals surface area contributed by atoms with Gasteiger partial charge in [0.2, 0.25) is 11.8 Å². The number of aliphatic hydroxyl groups is 1. The maximum absolute atomic E-state index is 14.2. The third kappa shape index (κ3) is 9.29. The summed E-state index contributed by atoms with van der Waals surface area (Å²) in [6.45, 7) is 12.9. The summed E-state index contributed by atoms with van der Waals surface area (Å²) in [5, 5.41) is 13.6. The van der Waals surface area contributed by atoms with Gasteiger partial charge in [-0.2, -0.15) is 0 Å². The molecule has 0 aromatic heterocycles. The summed E-state index contributed by atoms with van der Waals surface area (Å²) in [4.78, 5) is 44.6. The SMILES string of the molecule is CCN(CCC(C)(C)O)C(=O)C1CC(C(=O)NCC2(CCCCOC)c3ccccc3Oc3ccccc32)CN(C(=O)OC(C)(C)C)C1. The molecule has 0 radical (unpaired) electrons. The summed E-state index contributed by atoms with van der Waals surface area (Å²) >= 11 is 0. The van der Waals surface area contributed by atoms with Crippen LogP contribution in [0.3, 0.4) is 0 Å². The first-order valence-electron chi connectivity index (χ1n) is 17.3. The lowest BCUT2D eigenvalue weighted by Crippen LogP contribution is -2.54. The molecule has 264 valence electrons. The van der Waals surface area contributed by atoms with Crippen molar-refractivity contribution in [3.63, 3.8) is 0 Å². The summed E-state index contributed by atoms with van der Waals surface area (Å²) in [5.74, 6) is -0.0157. The molecule has 48 heavy (non-hydrogen) atoms. The van der Waals surface area contributed by atoms with E-state index in [0.29, 0.717) is 39.1 Å². The minimum absolute atomic E-state index is 0.130. The van der Waals surface area contributed by atoms with E-state index in [2.05, 4.69) is 17.4 Å². The molecular formula is C38H55N3O7. The van der Waals surface area contributed by atoms with Crippen LogP contribution in [0.15, 0.2) is 48.5 Å². The van der Waals surface area contributed by atoms with Crippen LogP contribution in [0.5, 0.6) is 11.5 Å². The van der Waals surface area contributed by atoms with E-state index in [4.69, 9.17) is 14.2 Å². The Labute approximate surface area is 286 Å². The van der Waals surface area contributed by atoms with Gasteiger partial charge in [-0.05, 0) is 85.8 Å². The minimum atomic E-state index is -0.924. The average molecular weight is 666 g/mol. The zero-order valence-corrected chi connectivity index (χ0v) is 29.8. The number of rotatable bonds is 13. The monoisotopic (exact) mass is 665 g/mol. The van der Waals surface area contributed by atoms with Crippen LogP contribution in [0.1, 0.15) is 84.8 Å². The molecule has 10 nitrogen and oxygen atoms in total. The van der Waals surface area contributed by atoms with Crippen molar-refractivity contribution >= 4 is 17.9 Å². The van der Waals surface area contributed by atoms with E-state index >= 15 is 0 Å². The van der Waals surface area contributed by atoms with Gasteiger partial charge in [0.25, 0.3) is 0 Å². The molecule has 3 amide bonds. The first-order chi connectivity index (χ1) is 22.7. The molecule has 1 fully saturated rings. The molecule has 2 N–H and O–H groups in total. The van der Waals surface area contributed by atoms with Gasteiger partial charge in [-0.3, -0.25) is 9.59 Å². The fourth-order valence-corrected chi connectivity index (χ4v) is 6.80. The van der Waals surface area contributed by atoms with E-state index in [1.54, 1.807) is 46.6 Å². The van der Waals surface area contributed by atoms with Crippen molar-refractivity contribution in [3.05, 3.63) is 59.7 Å². The number of benzene rings is 2. The predicted molar refractivity (Wildman–Crippen MR) is 185 cm³/mol. The first-order valence-corrected chi connectivity index (χ1v) is 17.3. The van der Waals surface area contributed by atoms with Crippen LogP contribution in [0.2, 0.25) is 0 Å². The zero-order valence-electron chi connectivity index (χ0n) is 29.8. The van der Waals surface area contributed by atoms with Crippen LogP contribution < -0.4 is 10.1 Å². The molecule has 0 spiro atoms. The molecule has 0 aliphatic carbocycles. The number of nitrogens with one attached hydrogen (secondary N) is 1. The highest BCUT2D eigenvalue weighted by Crippen LogP contribution is 2.50. The second-order valence-corrected chi connectivity index (χ2v) is 14.8. The largest absolute Gasteiger partial charge is 0.457 e. The first kappa shape index (κ1) is 37.2. The average Bonchev–Trinajstić information content (AvgIpc) is 3.04. The molecule has 2 atom stereocenters. The van der Waals surface area contributed by atoms with Crippen LogP contribution in [0.25, 0.3) is 0 Å². The number of ether oxygens (including phenoxy) is 3. The van der Waals surface area contributed by atoms with Gasteiger partial charge in [-0.1, -0.05) is 36.4 Å². The highest BCUT2D eigenvalue weighted by Gasteiger charge is 2.44. The zero-order chi connectivity index (χ0) is 35.1. The molecule has 10 heteroatoms. The van der Waals surface area contributed by atoms with E-state index in [1.165, 1.54) is 4.90 Å². The number of piperidine rings is 1. The Hall–Kier alpha value is -3.63. The summed E-state index contributed by atoms with van der Waals surface area (Å²) in [7, 11) is 1.70. The maximum Gasteiger partial charge on any atom is 0.410 e. The van der Waals surface area contributed by atoms with Crippen molar-refractivity contribution < 1.29 is 33.7 Å². The van der Waals surface area contributed by atoms with Gasteiger partial charge in [0.05, 0.1) is 17.4 Å². The molecule has 0 saturated carbocycles.